The predicted octanol–water partition coefficient (Wildman–Crippen LogP) is -0.556. The third-order valence-electron chi connectivity index (χ3n) is 3.05. The number of amides is 3. The highest BCUT2D eigenvalue weighted by atomic mass is 16.5. The van der Waals surface area contributed by atoms with E-state index < -0.39 is 18.0 Å². The van der Waals surface area contributed by atoms with Crippen LogP contribution in [0.3, 0.4) is 0 Å². The molecule has 114 valence electrons. The van der Waals surface area contributed by atoms with Crippen LogP contribution in [0.4, 0.5) is 4.79 Å². The lowest BCUT2D eigenvalue weighted by atomic mass is 10.1. The number of nitrogens with one attached hydrogen (secondary N) is 3. The Balaban J connectivity index is 2.33. The number of carboxylic acids is 1. The van der Waals surface area contributed by atoms with Crippen molar-refractivity contribution >= 4 is 17.9 Å². The van der Waals surface area contributed by atoms with Gasteiger partial charge in [-0.05, 0) is 19.3 Å². The Morgan fingerprint density at radius 2 is 2.30 bits per heavy atom. The van der Waals surface area contributed by atoms with Crippen molar-refractivity contribution in [2.45, 2.75) is 37.8 Å². The van der Waals surface area contributed by atoms with Gasteiger partial charge < -0.3 is 25.8 Å². The summed E-state index contributed by atoms with van der Waals surface area (Å²) < 4.78 is 4.85. The molecule has 3 amide bonds. The summed E-state index contributed by atoms with van der Waals surface area (Å²) >= 11 is 0. The maximum absolute atomic E-state index is 11.7. The standard InChI is InChI=1S/C12H21N3O5/c1-20-6-2-3-9(11(17)18)15-12(19)14-8-4-5-10(16)13-7-8/h8-9H,2-7H2,1H3,(H,13,16)(H,17,18)(H2,14,15,19). The van der Waals surface area contributed by atoms with Crippen molar-refractivity contribution in [1.29, 1.82) is 0 Å². The lowest BCUT2D eigenvalue weighted by Gasteiger charge is -2.24. The van der Waals surface area contributed by atoms with Gasteiger partial charge in [0, 0.05) is 32.7 Å². The number of ether oxygens (including phenoxy) is 1. The van der Waals surface area contributed by atoms with E-state index in [0.29, 0.717) is 38.8 Å². The molecule has 1 aliphatic rings. The van der Waals surface area contributed by atoms with Crippen molar-refractivity contribution in [3.8, 4) is 0 Å². The quantitative estimate of drug-likeness (QED) is 0.468. The molecule has 0 aromatic heterocycles. The van der Waals surface area contributed by atoms with E-state index in [0.717, 1.165) is 0 Å². The SMILES string of the molecule is COCCCC(NC(=O)NC1CCC(=O)NC1)C(=O)O. The van der Waals surface area contributed by atoms with E-state index in [1.807, 2.05) is 0 Å². The summed E-state index contributed by atoms with van der Waals surface area (Å²) in [6.07, 6.45) is 1.77. The maximum Gasteiger partial charge on any atom is 0.326 e. The van der Waals surface area contributed by atoms with Crippen molar-refractivity contribution < 1.29 is 24.2 Å². The molecule has 0 saturated carbocycles. The summed E-state index contributed by atoms with van der Waals surface area (Å²) in [6.45, 7) is 0.815. The molecule has 4 N–H and O–H groups in total. The minimum Gasteiger partial charge on any atom is -0.480 e. The van der Waals surface area contributed by atoms with Crippen molar-refractivity contribution in [3.05, 3.63) is 0 Å². The zero-order valence-corrected chi connectivity index (χ0v) is 11.5. The summed E-state index contributed by atoms with van der Waals surface area (Å²) in [7, 11) is 1.53. The number of carboxylic acid groups (broad SMARTS) is 1. The number of urea groups is 1. The van der Waals surface area contributed by atoms with Gasteiger partial charge in [-0.15, -0.1) is 0 Å². The van der Waals surface area contributed by atoms with Crippen LogP contribution < -0.4 is 16.0 Å². The molecular formula is C12H21N3O5. The number of hydrogen-bond acceptors (Lipinski definition) is 4. The number of carbonyl (C=O) groups excluding carboxylic acids is 2. The average Bonchev–Trinajstić information content (AvgIpc) is 2.40. The topological polar surface area (TPSA) is 117 Å². The molecule has 1 fully saturated rings. The van der Waals surface area contributed by atoms with Gasteiger partial charge in [0.25, 0.3) is 0 Å². The lowest BCUT2D eigenvalue weighted by Crippen LogP contribution is -2.53. The first-order valence-corrected chi connectivity index (χ1v) is 6.58. The first kappa shape index (κ1) is 16.2. The predicted molar refractivity (Wildman–Crippen MR) is 70.2 cm³/mol. The minimum atomic E-state index is -1.08. The van der Waals surface area contributed by atoms with Crippen LogP contribution in [0.15, 0.2) is 0 Å². The van der Waals surface area contributed by atoms with E-state index >= 15 is 0 Å². The second kappa shape index (κ2) is 8.36. The van der Waals surface area contributed by atoms with Gasteiger partial charge in [0.15, 0.2) is 0 Å². The molecule has 1 heterocycles. The van der Waals surface area contributed by atoms with Gasteiger partial charge in [0.1, 0.15) is 6.04 Å². The highest BCUT2D eigenvalue weighted by molar-refractivity contribution is 5.83. The number of carbonyl (C=O) groups is 3. The Hall–Kier alpha value is -1.83. The maximum atomic E-state index is 11.7. The molecule has 0 spiro atoms. The van der Waals surface area contributed by atoms with Crippen molar-refractivity contribution in [3.63, 3.8) is 0 Å². The van der Waals surface area contributed by atoms with Crippen LogP contribution in [0.5, 0.6) is 0 Å². The van der Waals surface area contributed by atoms with Crippen LogP contribution in [-0.2, 0) is 14.3 Å². The Morgan fingerprint density at radius 1 is 1.55 bits per heavy atom. The van der Waals surface area contributed by atoms with Crippen LogP contribution in [0, 0.1) is 0 Å². The zero-order valence-electron chi connectivity index (χ0n) is 11.5. The fourth-order valence-electron chi connectivity index (χ4n) is 1.93. The molecule has 0 aromatic rings. The second-order valence-corrected chi connectivity index (χ2v) is 4.68. The second-order valence-electron chi connectivity index (χ2n) is 4.68. The summed E-state index contributed by atoms with van der Waals surface area (Å²) in [4.78, 5) is 33.7. The van der Waals surface area contributed by atoms with Crippen molar-refractivity contribution in [2.75, 3.05) is 20.3 Å². The minimum absolute atomic E-state index is 0.0357. The van der Waals surface area contributed by atoms with Crippen LogP contribution in [0.1, 0.15) is 25.7 Å². The Morgan fingerprint density at radius 3 is 2.85 bits per heavy atom. The van der Waals surface area contributed by atoms with Crippen molar-refractivity contribution in [1.82, 2.24) is 16.0 Å². The van der Waals surface area contributed by atoms with Gasteiger partial charge in [-0.2, -0.15) is 0 Å². The van der Waals surface area contributed by atoms with Gasteiger partial charge in [0.2, 0.25) is 5.91 Å². The molecular weight excluding hydrogens is 266 g/mol. The number of rotatable bonds is 7. The van der Waals surface area contributed by atoms with E-state index in [-0.39, 0.29) is 11.9 Å². The highest BCUT2D eigenvalue weighted by Gasteiger charge is 2.23. The van der Waals surface area contributed by atoms with Crippen LogP contribution in [0.25, 0.3) is 0 Å². The molecule has 1 rings (SSSR count). The van der Waals surface area contributed by atoms with E-state index in [4.69, 9.17) is 9.84 Å². The number of aliphatic carboxylic acids is 1. The molecule has 2 unspecified atom stereocenters. The number of piperidine rings is 1. The molecule has 0 radical (unpaired) electrons. The average molecular weight is 287 g/mol. The molecule has 2 atom stereocenters. The monoisotopic (exact) mass is 287 g/mol. The summed E-state index contributed by atoms with van der Waals surface area (Å²) in [6, 6.07) is -1.64. The number of hydrogen-bond donors (Lipinski definition) is 4. The van der Waals surface area contributed by atoms with Gasteiger partial charge in [-0.1, -0.05) is 0 Å². The largest absolute Gasteiger partial charge is 0.480 e. The van der Waals surface area contributed by atoms with E-state index in [1.54, 1.807) is 0 Å². The summed E-state index contributed by atoms with van der Waals surface area (Å²) in [5, 5.41) is 16.7. The molecule has 20 heavy (non-hydrogen) atoms. The first-order valence-electron chi connectivity index (χ1n) is 6.58. The fourth-order valence-corrected chi connectivity index (χ4v) is 1.93. The first-order chi connectivity index (χ1) is 9.52. The smallest absolute Gasteiger partial charge is 0.326 e. The molecule has 1 aliphatic heterocycles. The number of methoxy groups -OCH3 is 1. The third-order valence-corrected chi connectivity index (χ3v) is 3.05. The van der Waals surface area contributed by atoms with E-state index in [9.17, 15) is 14.4 Å². The van der Waals surface area contributed by atoms with Gasteiger partial charge in [-0.25, -0.2) is 9.59 Å². The van der Waals surface area contributed by atoms with Crippen LogP contribution >= 0.6 is 0 Å². The third kappa shape index (κ3) is 5.87. The molecule has 0 aromatic carbocycles. The normalized spacial score (nSPS) is 19.9. The molecule has 0 aliphatic carbocycles. The lowest BCUT2D eigenvalue weighted by molar-refractivity contribution is -0.139. The van der Waals surface area contributed by atoms with Gasteiger partial charge in [0.05, 0.1) is 0 Å². The summed E-state index contributed by atoms with van der Waals surface area (Å²) in [5.74, 6) is -1.11. The summed E-state index contributed by atoms with van der Waals surface area (Å²) in [5.41, 5.74) is 0. The zero-order chi connectivity index (χ0) is 15.0. The van der Waals surface area contributed by atoms with E-state index in [2.05, 4.69) is 16.0 Å². The Labute approximate surface area is 117 Å². The molecule has 1 saturated heterocycles. The highest BCUT2D eigenvalue weighted by Crippen LogP contribution is 2.03. The van der Waals surface area contributed by atoms with E-state index in [1.165, 1.54) is 7.11 Å². The fraction of sp³-hybridized carbons (Fsp3) is 0.750. The van der Waals surface area contributed by atoms with Gasteiger partial charge in [-0.3, -0.25) is 4.79 Å². The Kier molecular flexibility index (Phi) is 6.78. The Bertz CT molecular complexity index is 351. The molecule has 0 bridgehead atoms. The van der Waals surface area contributed by atoms with Crippen LogP contribution in [0.2, 0.25) is 0 Å². The molecule has 8 nitrogen and oxygen atoms in total. The van der Waals surface area contributed by atoms with Crippen molar-refractivity contribution in [2.24, 2.45) is 0 Å². The van der Waals surface area contributed by atoms with Gasteiger partial charge >= 0.3 is 12.0 Å². The van der Waals surface area contributed by atoms with Crippen LogP contribution in [-0.4, -0.2) is 55.4 Å². The molecule has 8 heteroatoms.